The highest BCUT2D eigenvalue weighted by molar-refractivity contribution is 5.73. The van der Waals surface area contributed by atoms with Gasteiger partial charge in [0.2, 0.25) is 0 Å². The lowest BCUT2D eigenvalue weighted by Gasteiger charge is -2.15. The zero-order valence-electron chi connectivity index (χ0n) is 11.5. The van der Waals surface area contributed by atoms with E-state index in [1.54, 1.807) is 6.92 Å². The van der Waals surface area contributed by atoms with Crippen LogP contribution in [0, 0.1) is 17.0 Å². The van der Waals surface area contributed by atoms with Crippen LogP contribution in [-0.4, -0.2) is 35.2 Å². The SMILES string of the molecule is CCCNC(COc1ccc([N+](=O)[O-])c(C)c1)C(=O)O. The molecule has 0 aliphatic carbocycles. The summed E-state index contributed by atoms with van der Waals surface area (Å²) in [5, 5.41) is 22.6. The van der Waals surface area contributed by atoms with Crippen LogP contribution in [0.3, 0.4) is 0 Å². The van der Waals surface area contributed by atoms with Crippen molar-refractivity contribution in [2.45, 2.75) is 26.3 Å². The van der Waals surface area contributed by atoms with Crippen molar-refractivity contribution in [2.75, 3.05) is 13.2 Å². The number of ether oxygens (including phenoxy) is 1. The molecule has 2 N–H and O–H groups in total. The number of nitrogens with zero attached hydrogens (tertiary/aromatic N) is 1. The van der Waals surface area contributed by atoms with Crippen molar-refractivity contribution in [1.82, 2.24) is 5.32 Å². The molecule has 1 aromatic rings. The molecule has 0 heterocycles. The van der Waals surface area contributed by atoms with E-state index in [0.717, 1.165) is 6.42 Å². The van der Waals surface area contributed by atoms with Gasteiger partial charge in [0.1, 0.15) is 18.4 Å². The fourth-order valence-electron chi connectivity index (χ4n) is 1.64. The normalized spacial score (nSPS) is 11.9. The largest absolute Gasteiger partial charge is 0.491 e. The first kappa shape index (κ1) is 15.9. The summed E-state index contributed by atoms with van der Waals surface area (Å²) in [5.41, 5.74) is 0.483. The highest BCUT2D eigenvalue weighted by atomic mass is 16.6. The number of hydrogen-bond acceptors (Lipinski definition) is 5. The van der Waals surface area contributed by atoms with Crippen molar-refractivity contribution >= 4 is 11.7 Å². The van der Waals surface area contributed by atoms with Crippen molar-refractivity contribution in [2.24, 2.45) is 0 Å². The summed E-state index contributed by atoms with van der Waals surface area (Å²) < 4.78 is 5.38. The Balaban J connectivity index is 2.66. The van der Waals surface area contributed by atoms with Gasteiger partial charge in [0.05, 0.1) is 4.92 Å². The summed E-state index contributed by atoms with van der Waals surface area (Å²) in [7, 11) is 0. The maximum atomic E-state index is 11.0. The quantitative estimate of drug-likeness (QED) is 0.556. The third-order valence-electron chi connectivity index (χ3n) is 2.72. The minimum atomic E-state index is -0.989. The predicted molar refractivity (Wildman–Crippen MR) is 73.0 cm³/mol. The molecule has 0 amide bonds. The first-order valence-electron chi connectivity index (χ1n) is 6.29. The summed E-state index contributed by atoms with van der Waals surface area (Å²) in [6, 6.07) is 3.53. The third-order valence-corrected chi connectivity index (χ3v) is 2.72. The van der Waals surface area contributed by atoms with E-state index in [2.05, 4.69) is 5.32 Å². The van der Waals surface area contributed by atoms with Crippen LogP contribution in [0.1, 0.15) is 18.9 Å². The average molecular weight is 282 g/mol. The Labute approximate surface area is 116 Å². The molecule has 0 saturated carbocycles. The molecule has 0 radical (unpaired) electrons. The molecule has 0 aliphatic rings. The van der Waals surface area contributed by atoms with Crippen LogP contribution < -0.4 is 10.1 Å². The minimum absolute atomic E-state index is 0.0104. The van der Waals surface area contributed by atoms with Crippen LogP contribution >= 0.6 is 0 Å². The lowest BCUT2D eigenvalue weighted by molar-refractivity contribution is -0.385. The van der Waals surface area contributed by atoms with Gasteiger partial charge in [-0.25, -0.2) is 0 Å². The Hall–Kier alpha value is -2.15. The number of carbonyl (C=O) groups is 1. The molecule has 1 aromatic carbocycles. The molecule has 1 unspecified atom stereocenters. The summed E-state index contributed by atoms with van der Waals surface area (Å²) in [6.45, 7) is 4.09. The van der Waals surface area contributed by atoms with Crippen molar-refractivity contribution in [3.8, 4) is 5.75 Å². The molecule has 1 rings (SSSR count). The number of nitro benzene ring substituents is 1. The van der Waals surface area contributed by atoms with E-state index in [9.17, 15) is 14.9 Å². The van der Waals surface area contributed by atoms with Gasteiger partial charge in [0.15, 0.2) is 0 Å². The zero-order chi connectivity index (χ0) is 15.1. The van der Waals surface area contributed by atoms with Crippen molar-refractivity contribution < 1.29 is 19.6 Å². The number of benzene rings is 1. The summed E-state index contributed by atoms with van der Waals surface area (Å²) in [5.74, 6) is -0.574. The molecular weight excluding hydrogens is 264 g/mol. The Morgan fingerprint density at radius 3 is 2.75 bits per heavy atom. The van der Waals surface area contributed by atoms with Gasteiger partial charge in [0, 0.05) is 11.6 Å². The Morgan fingerprint density at radius 1 is 1.55 bits per heavy atom. The number of aryl methyl sites for hydroxylation is 1. The van der Waals surface area contributed by atoms with Crippen LogP contribution in [0.25, 0.3) is 0 Å². The van der Waals surface area contributed by atoms with E-state index in [0.29, 0.717) is 17.9 Å². The first-order valence-corrected chi connectivity index (χ1v) is 6.29. The van der Waals surface area contributed by atoms with E-state index < -0.39 is 16.9 Å². The van der Waals surface area contributed by atoms with Gasteiger partial charge in [-0.2, -0.15) is 0 Å². The number of carboxylic acids is 1. The highest BCUT2D eigenvalue weighted by Gasteiger charge is 2.18. The third kappa shape index (κ3) is 4.51. The summed E-state index contributed by atoms with van der Waals surface area (Å²) >= 11 is 0. The van der Waals surface area contributed by atoms with E-state index in [1.165, 1.54) is 18.2 Å². The standard InChI is InChI=1S/C13H18N2O5/c1-3-6-14-11(13(16)17)8-20-10-4-5-12(15(18)19)9(2)7-10/h4-5,7,11,14H,3,6,8H2,1-2H3,(H,16,17). The Kier molecular flexibility index (Phi) is 5.92. The molecule has 0 fully saturated rings. The van der Waals surface area contributed by atoms with E-state index in [4.69, 9.17) is 9.84 Å². The number of rotatable bonds is 8. The molecule has 0 bridgehead atoms. The van der Waals surface area contributed by atoms with Crippen molar-refractivity contribution in [3.05, 3.63) is 33.9 Å². The number of aliphatic carboxylic acids is 1. The lowest BCUT2D eigenvalue weighted by atomic mass is 10.2. The lowest BCUT2D eigenvalue weighted by Crippen LogP contribution is -2.41. The van der Waals surface area contributed by atoms with Crippen LogP contribution in [0.5, 0.6) is 5.75 Å². The molecule has 0 saturated heterocycles. The smallest absolute Gasteiger partial charge is 0.324 e. The van der Waals surface area contributed by atoms with Gasteiger partial charge in [-0.1, -0.05) is 6.92 Å². The van der Waals surface area contributed by atoms with E-state index in [1.807, 2.05) is 6.92 Å². The zero-order valence-corrected chi connectivity index (χ0v) is 11.5. The molecule has 7 nitrogen and oxygen atoms in total. The van der Waals surface area contributed by atoms with Gasteiger partial charge >= 0.3 is 5.97 Å². The molecule has 0 aromatic heterocycles. The maximum Gasteiger partial charge on any atom is 0.324 e. The maximum absolute atomic E-state index is 11.0. The second-order valence-corrected chi connectivity index (χ2v) is 4.36. The number of carboxylic acid groups (broad SMARTS) is 1. The fraction of sp³-hybridized carbons (Fsp3) is 0.462. The molecule has 1 atom stereocenters. The Bertz CT molecular complexity index is 490. The predicted octanol–water partition coefficient (Wildman–Crippen LogP) is 1.73. The van der Waals surface area contributed by atoms with Crippen LogP contribution in [0.15, 0.2) is 18.2 Å². The number of nitrogens with one attached hydrogen (secondary N) is 1. The molecule has 110 valence electrons. The molecule has 7 heteroatoms. The Morgan fingerprint density at radius 2 is 2.25 bits per heavy atom. The van der Waals surface area contributed by atoms with Crippen molar-refractivity contribution in [1.29, 1.82) is 0 Å². The molecular formula is C13H18N2O5. The van der Waals surface area contributed by atoms with E-state index >= 15 is 0 Å². The first-order chi connectivity index (χ1) is 9.45. The van der Waals surface area contributed by atoms with Crippen molar-refractivity contribution in [3.63, 3.8) is 0 Å². The molecule has 0 spiro atoms. The van der Waals surface area contributed by atoms with Crippen LogP contribution in [0.2, 0.25) is 0 Å². The van der Waals surface area contributed by atoms with Gasteiger partial charge < -0.3 is 15.2 Å². The van der Waals surface area contributed by atoms with Crippen LogP contribution in [-0.2, 0) is 4.79 Å². The second-order valence-electron chi connectivity index (χ2n) is 4.36. The summed E-state index contributed by atoms with van der Waals surface area (Å²) in [6.07, 6.45) is 0.820. The van der Waals surface area contributed by atoms with Gasteiger partial charge in [-0.05, 0) is 32.0 Å². The topological polar surface area (TPSA) is 102 Å². The monoisotopic (exact) mass is 282 g/mol. The van der Waals surface area contributed by atoms with Crippen LogP contribution in [0.4, 0.5) is 5.69 Å². The van der Waals surface area contributed by atoms with Gasteiger partial charge in [0.25, 0.3) is 5.69 Å². The minimum Gasteiger partial charge on any atom is -0.491 e. The fourth-order valence-corrected chi connectivity index (χ4v) is 1.64. The number of hydrogen-bond donors (Lipinski definition) is 2. The average Bonchev–Trinajstić information content (AvgIpc) is 2.38. The summed E-state index contributed by atoms with van der Waals surface area (Å²) in [4.78, 5) is 21.2. The molecule has 0 aliphatic heterocycles. The second kappa shape index (κ2) is 7.44. The highest BCUT2D eigenvalue weighted by Crippen LogP contribution is 2.23. The van der Waals surface area contributed by atoms with Gasteiger partial charge in [-0.15, -0.1) is 0 Å². The van der Waals surface area contributed by atoms with E-state index in [-0.39, 0.29) is 12.3 Å². The van der Waals surface area contributed by atoms with Gasteiger partial charge in [-0.3, -0.25) is 14.9 Å². The molecule has 20 heavy (non-hydrogen) atoms. The number of nitro groups is 1.